The van der Waals surface area contributed by atoms with Crippen LogP contribution < -0.4 is 11.1 Å². The first-order chi connectivity index (χ1) is 15.1. The lowest BCUT2D eigenvalue weighted by molar-refractivity contribution is 0.0963. The molecule has 0 bridgehead atoms. The predicted molar refractivity (Wildman–Crippen MR) is 137 cm³/mol. The summed E-state index contributed by atoms with van der Waals surface area (Å²) >= 11 is 0. The Morgan fingerprint density at radius 3 is 2.44 bits per heavy atom. The van der Waals surface area contributed by atoms with Crippen LogP contribution in [0, 0.1) is 0 Å². The maximum absolute atomic E-state index is 11.8. The number of rotatable bonds is 8. The van der Waals surface area contributed by atoms with Gasteiger partial charge in [-0.2, -0.15) is 0 Å². The maximum atomic E-state index is 11.8. The summed E-state index contributed by atoms with van der Waals surface area (Å²) in [5, 5.41) is 3.27. The van der Waals surface area contributed by atoms with Gasteiger partial charge in [0.05, 0.1) is 26.4 Å². The third-order valence-corrected chi connectivity index (χ3v) is 5.18. The molecular weight excluding hydrogens is 519 g/mol. The molecule has 1 amide bonds. The molecule has 0 atom stereocenters. The number of likely N-dealkylation sites (tertiary alicyclic amines) is 1. The van der Waals surface area contributed by atoms with Gasteiger partial charge in [0, 0.05) is 19.1 Å². The van der Waals surface area contributed by atoms with E-state index in [4.69, 9.17) is 15.2 Å². The number of halogens is 1. The third-order valence-electron chi connectivity index (χ3n) is 5.18. The number of nitrogens with two attached hydrogens (primary N) is 1. The van der Waals surface area contributed by atoms with Gasteiger partial charge in [-0.05, 0) is 36.5 Å². The van der Waals surface area contributed by atoms with Crippen LogP contribution in [0.5, 0.6) is 0 Å². The van der Waals surface area contributed by atoms with Crippen molar-refractivity contribution in [2.45, 2.75) is 45.6 Å². The summed E-state index contributed by atoms with van der Waals surface area (Å²) in [5.74, 6) is 0.431. The average molecular weight is 552 g/mol. The van der Waals surface area contributed by atoms with Crippen molar-refractivity contribution in [1.29, 1.82) is 0 Å². The first-order valence-electron chi connectivity index (χ1n) is 10.8. The molecule has 1 heterocycles. The number of nitrogens with one attached hydrogen (secondary N) is 1. The molecule has 0 aromatic heterocycles. The second kappa shape index (κ2) is 13.9. The lowest BCUT2D eigenvalue weighted by atomic mass is 10.1. The number of amides is 1. The minimum Gasteiger partial charge on any atom is -0.450 e. The van der Waals surface area contributed by atoms with E-state index < -0.39 is 0 Å². The zero-order chi connectivity index (χ0) is 21.9. The highest BCUT2D eigenvalue weighted by molar-refractivity contribution is 14.0. The largest absolute Gasteiger partial charge is 0.450 e. The molecule has 2 aromatic carbocycles. The summed E-state index contributed by atoms with van der Waals surface area (Å²) in [4.78, 5) is 18.0. The van der Waals surface area contributed by atoms with E-state index >= 15 is 0 Å². The van der Waals surface area contributed by atoms with Crippen molar-refractivity contribution in [3.63, 3.8) is 0 Å². The number of aliphatic imine (C=N–C) groups is 1. The van der Waals surface area contributed by atoms with Crippen LogP contribution in [0.15, 0.2) is 59.6 Å². The summed E-state index contributed by atoms with van der Waals surface area (Å²) in [6.07, 6.45) is 1.40. The molecule has 0 saturated carbocycles. The average Bonchev–Trinajstić information content (AvgIpc) is 2.79. The summed E-state index contributed by atoms with van der Waals surface area (Å²) in [6.45, 7) is 5.19. The van der Waals surface area contributed by atoms with E-state index in [1.54, 1.807) is 4.90 Å². The van der Waals surface area contributed by atoms with Crippen molar-refractivity contribution < 1.29 is 14.3 Å². The Balaban J connectivity index is 0.00000363. The van der Waals surface area contributed by atoms with Crippen molar-refractivity contribution >= 4 is 36.0 Å². The number of guanidine groups is 1. The van der Waals surface area contributed by atoms with E-state index in [-0.39, 0.29) is 36.1 Å². The van der Waals surface area contributed by atoms with Crippen molar-refractivity contribution in [2.24, 2.45) is 10.7 Å². The number of piperidine rings is 1. The summed E-state index contributed by atoms with van der Waals surface area (Å²) in [7, 11) is 0. The molecule has 1 aliphatic heterocycles. The van der Waals surface area contributed by atoms with Crippen LogP contribution in [-0.4, -0.2) is 42.7 Å². The fraction of sp³-hybridized carbons (Fsp3) is 0.417. The van der Waals surface area contributed by atoms with Gasteiger partial charge < -0.3 is 25.4 Å². The molecule has 3 rings (SSSR count). The van der Waals surface area contributed by atoms with Crippen LogP contribution in [0.25, 0.3) is 0 Å². The Hall–Kier alpha value is -2.33. The maximum Gasteiger partial charge on any atom is 0.409 e. The number of carbonyl (C=O) groups is 1. The number of hydrogen-bond acceptors (Lipinski definition) is 4. The molecule has 3 N–H and O–H groups in total. The minimum absolute atomic E-state index is 0. The molecule has 0 radical (unpaired) electrons. The molecule has 0 aliphatic carbocycles. The van der Waals surface area contributed by atoms with Crippen molar-refractivity contribution in [3.05, 3.63) is 71.3 Å². The van der Waals surface area contributed by atoms with Gasteiger partial charge in [-0.3, -0.25) is 0 Å². The Labute approximate surface area is 207 Å². The van der Waals surface area contributed by atoms with E-state index in [0.717, 1.165) is 29.5 Å². The highest BCUT2D eigenvalue weighted by atomic mass is 127. The van der Waals surface area contributed by atoms with Gasteiger partial charge in [-0.25, -0.2) is 9.79 Å². The SMILES string of the molecule is CCOC(=O)N1CCC(NC(N)=NCc2cccc(COCc3ccccc3)c2)CC1.I. The zero-order valence-electron chi connectivity index (χ0n) is 18.5. The monoisotopic (exact) mass is 552 g/mol. The molecule has 0 spiro atoms. The number of benzene rings is 2. The first-order valence-corrected chi connectivity index (χ1v) is 10.8. The normalized spacial score (nSPS) is 14.5. The summed E-state index contributed by atoms with van der Waals surface area (Å²) in [5.41, 5.74) is 9.45. The molecule has 32 heavy (non-hydrogen) atoms. The van der Waals surface area contributed by atoms with E-state index in [2.05, 4.69) is 34.6 Å². The Morgan fingerprint density at radius 2 is 1.72 bits per heavy atom. The molecule has 174 valence electrons. The number of hydrogen-bond donors (Lipinski definition) is 2. The Bertz CT molecular complexity index is 855. The predicted octanol–water partition coefficient (Wildman–Crippen LogP) is 4.05. The molecule has 1 fully saturated rings. The van der Waals surface area contributed by atoms with Crippen LogP contribution in [-0.2, 0) is 29.2 Å². The van der Waals surface area contributed by atoms with Crippen LogP contribution in [0.3, 0.4) is 0 Å². The summed E-state index contributed by atoms with van der Waals surface area (Å²) < 4.78 is 10.9. The van der Waals surface area contributed by atoms with Gasteiger partial charge in [0.2, 0.25) is 0 Å². The highest BCUT2D eigenvalue weighted by Crippen LogP contribution is 2.12. The van der Waals surface area contributed by atoms with Crippen LogP contribution in [0.1, 0.15) is 36.5 Å². The number of nitrogens with zero attached hydrogens (tertiary/aromatic N) is 2. The van der Waals surface area contributed by atoms with Gasteiger partial charge in [-0.1, -0.05) is 54.6 Å². The Morgan fingerprint density at radius 1 is 1.06 bits per heavy atom. The standard InChI is InChI=1S/C24H32N4O3.HI/c1-2-31-24(29)28-13-11-22(12-14-28)27-23(25)26-16-20-9-6-10-21(15-20)18-30-17-19-7-4-3-5-8-19;/h3-10,15,22H,2,11-14,16-18H2,1H3,(H3,25,26,27);1H. The fourth-order valence-electron chi connectivity index (χ4n) is 3.53. The van der Waals surface area contributed by atoms with Crippen molar-refractivity contribution in [1.82, 2.24) is 10.2 Å². The number of ether oxygens (including phenoxy) is 2. The smallest absolute Gasteiger partial charge is 0.409 e. The van der Waals surface area contributed by atoms with Crippen LogP contribution in [0.2, 0.25) is 0 Å². The Kier molecular flexibility index (Phi) is 11.3. The first kappa shape index (κ1) is 25.9. The topological polar surface area (TPSA) is 89.2 Å². The molecular formula is C24H33IN4O3. The lowest BCUT2D eigenvalue weighted by Gasteiger charge is -2.31. The summed E-state index contributed by atoms with van der Waals surface area (Å²) in [6, 6.07) is 18.6. The van der Waals surface area contributed by atoms with Crippen LogP contribution >= 0.6 is 24.0 Å². The van der Waals surface area contributed by atoms with Gasteiger partial charge in [-0.15, -0.1) is 24.0 Å². The zero-order valence-corrected chi connectivity index (χ0v) is 20.9. The van der Waals surface area contributed by atoms with E-state index in [1.165, 1.54) is 0 Å². The quantitative estimate of drug-likeness (QED) is 0.293. The molecule has 8 heteroatoms. The van der Waals surface area contributed by atoms with E-state index in [0.29, 0.717) is 45.4 Å². The molecule has 1 saturated heterocycles. The van der Waals surface area contributed by atoms with Gasteiger partial charge in [0.1, 0.15) is 0 Å². The van der Waals surface area contributed by atoms with Gasteiger partial charge in [0.25, 0.3) is 0 Å². The highest BCUT2D eigenvalue weighted by Gasteiger charge is 2.23. The van der Waals surface area contributed by atoms with Gasteiger partial charge >= 0.3 is 6.09 Å². The van der Waals surface area contributed by atoms with Crippen LogP contribution in [0.4, 0.5) is 4.79 Å². The second-order valence-corrected chi connectivity index (χ2v) is 7.60. The van der Waals surface area contributed by atoms with Crippen molar-refractivity contribution in [3.8, 4) is 0 Å². The van der Waals surface area contributed by atoms with Crippen molar-refractivity contribution in [2.75, 3.05) is 19.7 Å². The molecule has 1 aliphatic rings. The molecule has 7 nitrogen and oxygen atoms in total. The molecule has 0 unspecified atom stereocenters. The molecule has 2 aromatic rings. The van der Waals surface area contributed by atoms with Gasteiger partial charge in [0.15, 0.2) is 5.96 Å². The third kappa shape index (κ3) is 8.66. The number of carbonyl (C=O) groups excluding carboxylic acids is 1. The fourth-order valence-corrected chi connectivity index (χ4v) is 3.53. The van der Waals surface area contributed by atoms with E-state index in [1.807, 2.05) is 37.3 Å². The van der Waals surface area contributed by atoms with E-state index in [9.17, 15) is 4.79 Å². The minimum atomic E-state index is -0.241. The lowest BCUT2D eigenvalue weighted by Crippen LogP contribution is -2.48. The second-order valence-electron chi connectivity index (χ2n) is 7.60.